The Hall–Kier alpha value is -3.48. The number of pyridine rings is 1. The predicted octanol–water partition coefficient (Wildman–Crippen LogP) is 1.87. The largest absolute Gasteiger partial charge is 0.488 e. The molecule has 11 nitrogen and oxygen atoms in total. The topological polar surface area (TPSA) is 136 Å². The molecule has 0 aliphatic heterocycles. The van der Waals surface area contributed by atoms with Gasteiger partial charge in [0.2, 0.25) is 0 Å². The predicted molar refractivity (Wildman–Crippen MR) is 120 cm³/mol. The zero-order valence-corrected chi connectivity index (χ0v) is 19.4. The van der Waals surface area contributed by atoms with Crippen LogP contribution >= 0.6 is 0 Å². The van der Waals surface area contributed by atoms with Crippen molar-refractivity contribution >= 4 is 21.7 Å². The lowest BCUT2D eigenvalue weighted by molar-refractivity contribution is 0.102. The van der Waals surface area contributed by atoms with Crippen LogP contribution in [0.5, 0.6) is 17.2 Å². The number of benzene rings is 1. The Bertz CT molecular complexity index is 1220. The van der Waals surface area contributed by atoms with E-state index < -0.39 is 22.0 Å². The first-order chi connectivity index (χ1) is 15.6. The van der Waals surface area contributed by atoms with Crippen LogP contribution in [0.25, 0.3) is 0 Å². The fourth-order valence-electron chi connectivity index (χ4n) is 2.67. The van der Waals surface area contributed by atoms with Crippen LogP contribution in [-0.2, 0) is 17.1 Å². The highest BCUT2D eigenvalue weighted by Gasteiger charge is 2.19. The molecule has 33 heavy (non-hydrogen) atoms. The smallest absolute Gasteiger partial charge is 0.260 e. The molecule has 2 heterocycles. The molecule has 0 radical (unpaired) electrons. The molecule has 0 aliphatic carbocycles. The number of carbonyl (C=O) groups is 1. The second-order valence-corrected chi connectivity index (χ2v) is 9.45. The fourth-order valence-corrected chi connectivity index (χ4v) is 3.47. The lowest BCUT2D eigenvalue weighted by atomic mass is 10.2. The number of amides is 1. The number of aliphatic hydroxyl groups is 1. The van der Waals surface area contributed by atoms with E-state index in [1.165, 1.54) is 44.6 Å². The monoisotopic (exact) mass is 475 g/mol. The second-order valence-electron chi connectivity index (χ2n) is 7.35. The lowest BCUT2D eigenvalue weighted by Crippen LogP contribution is -2.23. The van der Waals surface area contributed by atoms with Gasteiger partial charge < -0.3 is 19.9 Å². The van der Waals surface area contributed by atoms with E-state index in [0.717, 1.165) is 4.31 Å². The molecule has 3 rings (SSSR count). The number of nitrogens with one attached hydrogen (secondary N) is 1. The number of hydrogen-bond donors (Lipinski definition) is 2. The number of ether oxygens (including phenoxy) is 2. The highest BCUT2D eigenvalue weighted by Crippen LogP contribution is 2.29. The van der Waals surface area contributed by atoms with Gasteiger partial charge in [0.25, 0.3) is 15.9 Å². The number of sulfonamides is 1. The SMILES string of the molecule is C[C@@H](CO)Oc1cc(Oc2ccc(S(=O)(=O)N(C)C)nc2)cc(C(=O)Nc2ccn(C)n2)c1. The minimum absolute atomic E-state index is 0.121. The number of aliphatic hydroxyl groups excluding tert-OH is 1. The van der Waals surface area contributed by atoms with Crippen molar-refractivity contribution in [3.8, 4) is 17.2 Å². The third-order valence-corrected chi connectivity index (χ3v) is 6.11. The van der Waals surface area contributed by atoms with Crippen LogP contribution in [-0.4, -0.2) is 65.3 Å². The average molecular weight is 476 g/mol. The minimum atomic E-state index is -3.67. The molecule has 1 atom stereocenters. The van der Waals surface area contributed by atoms with Gasteiger partial charge in [-0.2, -0.15) is 5.10 Å². The summed E-state index contributed by atoms with van der Waals surface area (Å²) in [6, 6.07) is 9.00. The van der Waals surface area contributed by atoms with Gasteiger partial charge in [-0.15, -0.1) is 0 Å². The molecule has 0 saturated carbocycles. The van der Waals surface area contributed by atoms with Crippen LogP contribution in [0.2, 0.25) is 0 Å². The van der Waals surface area contributed by atoms with Crippen molar-refractivity contribution in [1.29, 1.82) is 0 Å². The molecular formula is C21H25N5O6S. The van der Waals surface area contributed by atoms with Gasteiger partial charge in [0.05, 0.1) is 12.8 Å². The summed E-state index contributed by atoms with van der Waals surface area (Å²) >= 11 is 0. The molecule has 12 heteroatoms. The summed E-state index contributed by atoms with van der Waals surface area (Å²) < 4.78 is 38.4. The number of aromatic nitrogens is 3. The Morgan fingerprint density at radius 1 is 1.18 bits per heavy atom. The maximum absolute atomic E-state index is 12.7. The van der Waals surface area contributed by atoms with Crippen LogP contribution < -0.4 is 14.8 Å². The van der Waals surface area contributed by atoms with Crippen molar-refractivity contribution in [2.45, 2.75) is 18.1 Å². The van der Waals surface area contributed by atoms with E-state index in [9.17, 15) is 18.3 Å². The van der Waals surface area contributed by atoms with E-state index >= 15 is 0 Å². The first-order valence-electron chi connectivity index (χ1n) is 9.88. The fraction of sp³-hybridized carbons (Fsp3) is 0.286. The average Bonchev–Trinajstić information content (AvgIpc) is 3.18. The number of nitrogens with zero attached hydrogens (tertiary/aromatic N) is 4. The van der Waals surface area contributed by atoms with Gasteiger partial charge in [-0.3, -0.25) is 9.48 Å². The molecule has 2 N–H and O–H groups in total. The van der Waals surface area contributed by atoms with Crippen molar-refractivity contribution in [1.82, 2.24) is 19.1 Å². The number of rotatable bonds is 9. The molecule has 2 aromatic heterocycles. The normalized spacial score (nSPS) is 12.4. The molecule has 0 spiro atoms. The van der Waals surface area contributed by atoms with Gasteiger partial charge in [0.15, 0.2) is 10.8 Å². The van der Waals surface area contributed by atoms with E-state index in [1.54, 1.807) is 37.0 Å². The summed E-state index contributed by atoms with van der Waals surface area (Å²) in [6.07, 6.45) is 2.46. The molecule has 0 unspecified atom stereocenters. The Morgan fingerprint density at radius 2 is 1.91 bits per heavy atom. The summed E-state index contributed by atoms with van der Waals surface area (Å²) in [5.41, 5.74) is 0.234. The molecule has 1 amide bonds. The molecule has 0 saturated heterocycles. The Labute approximate surface area is 191 Å². The van der Waals surface area contributed by atoms with Gasteiger partial charge in [-0.25, -0.2) is 17.7 Å². The summed E-state index contributed by atoms with van der Waals surface area (Å²) in [5.74, 6) is 0.762. The van der Waals surface area contributed by atoms with E-state index in [0.29, 0.717) is 11.6 Å². The summed E-state index contributed by atoms with van der Waals surface area (Å²) in [4.78, 5) is 16.7. The quantitative estimate of drug-likeness (QED) is 0.479. The molecule has 176 valence electrons. The maximum Gasteiger partial charge on any atom is 0.260 e. The van der Waals surface area contributed by atoms with Crippen molar-refractivity contribution in [3.63, 3.8) is 0 Å². The molecular weight excluding hydrogens is 450 g/mol. The van der Waals surface area contributed by atoms with Crippen LogP contribution in [0.3, 0.4) is 0 Å². The van der Waals surface area contributed by atoms with Crippen LogP contribution in [0.1, 0.15) is 17.3 Å². The molecule has 0 fully saturated rings. The second kappa shape index (κ2) is 9.98. The third-order valence-electron chi connectivity index (χ3n) is 4.38. The maximum atomic E-state index is 12.7. The molecule has 0 bridgehead atoms. The minimum Gasteiger partial charge on any atom is -0.488 e. The van der Waals surface area contributed by atoms with E-state index in [-0.39, 0.29) is 28.7 Å². The Morgan fingerprint density at radius 3 is 2.48 bits per heavy atom. The van der Waals surface area contributed by atoms with Gasteiger partial charge in [-0.1, -0.05) is 0 Å². The number of aryl methyl sites for hydroxylation is 1. The molecule has 0 aliphatic rings. The zero-order chi connectivity index (χ0) is 24.2. The van der Waals surface area contributed by atoms with Gasteiger partial charge in [0, 0.05) is 45.0 Å². The van der Waals surface area contributed by atoms with Crippen molar-refractivity contribution < 1.29 is 27.8 Å². The Balaban J connectivity index is 1.87. The number of hydrogen-bond acceptors (Lipinski definition) is 8. The highest BCUT2D eigenvalue weighted by molar-refractivity contribution is 7.89. The summed E-state index contributed by atoms with van der Waals surface area (Å²) in [6.45, 7) is 1.46. The zero-order valence-electron chi connectivity index (χ0n) is 18.6. The van der Waals surface area contributed by atoms with Crippen molar-refractivity contribution in [2.75, 3.05) is 26.0 Å². The highest BCUT2D eigenvalue weighted by atomic mass is 32.2. The summed E-state index contributed by atoms with van der Waals surface area (Å²) in [7, 11) is 0.887. The molecule has 1 aromatic carbocycles. The van der Waals surface area contributed by atoms with Gasteiger partial charge in [-0.05, 0) is 31.2 Å². The van der Waals surface area contributed by atoms with Crippen LogP contribution in [0.4, 0.5) is 5.82 Å². The first kappa shape index (κ1) is 24.2. The molecule has 3 aromatic rings. The van der Waals surface area contributed by atoms with E-state index in [2.05, 4.69) is 15.4 Å². The number of carbonyl (C=O) groups excluding carboxylic acids is 1. The third kappa shape index (κ3) is 6.06. The van der Waals surface area contributed by atoms with Crippen molar-refractivity contribution in [2.24, 2.45) is 7.05 Å². The van der Waals surface area contributed by atoms with Crippen molar-refractivity contribution in [3.05, 3.63) is 54.4 Å². The van der Waals surface area contributed by atoms with E-state index in [1.807, 2.05) is 0 Å². The summed E-state index contributed by atoms with van der Waals surface area (Å²) in [5, 5.41) is 16.0. The van der Waals surface area contributed by atoms with Gasteiger partial charge in [0.1, 0.15) is 23.4 Å². The number of anilines is 1. The van der Waals surface area contributed by atoms with Crippen LogP contribution in [0.15, 0.2) is 53.8 Å². The Kier molecular flexibility index (Phi) is 7.31. The standard InChI is InChI=1S/C21H25N5O6S/c1-14(13-27)31-17-9-15(21(28)23-19-7-8-26(4)24-19)10-18(11-17)32-16-5-6-20(22-12-16)33(29,30)25(2)3/h5-12,14,27H,13H2,1-4H3,(H,23,24,28)/t14-/m0/s1. The van der Waals surface area contributed by atoms with Gasteiger partial charge >= 0.3 is 0 Å². The van der Waals surface area contributed by atoms with Crippen LogP contribution in [0, 0.1) is 0 Å². The lowest BCUT2D eigenvalue weighted by Gasteiger charge is -2.15. The van der Waals surface area contributed by atoms with E-state index in [4.69, 9.17) is 9.47 Å². The first-order valence-corrected chi connectivity index (χ1v) is 11.3.